The second-order valence-corrected chi connectivity index (χ2v) is 4.66. The quantitative estimate of drug-likeness (QED) is 0.811. The maximum atomic E-state index is 3.37. The van der Waals surface area contributed by atoms with Crippen LogP contribution in [0.25, 0.3) is 0 Å². The van der Waals surface area contributed by atoms with Gasteiger partial charge >= 0.3 is 0 Å². The van der Waals surface area contributed by atoms with E-state index < -0.39 is 0 Å². The molecule has 0 aromatic heterocycles. The van der Waals surface area contributed by atoms with Crippen LogP contribution >= 0.6 is 11.8 Å². The van der Waals surface area contributed by atoms with Crippen molar-refractivity contribution in [3.8, 4) is 0 Å². The van der Waals surface area contributed by atoms with Crippen molar-refractivity contribution in [2.45, 2.75) is 17.8 Å². The molecule has 1 aliphatic rings. The van der Waals surface area contributed by atoms with Crippen LogP contribution in [0.2, 0.25) is 0 Å². The van der Waals surface area contributed by atoms with Crippen LogP contribution in [0.3, 0.4) is 0 Å². The standard InChI is InChI=1S/C12H16N2S/c1-13-11(12-14-7-8-15-12)9-10-5-3-2-4-6-10/h2-8,11-14H,9H2,1H3. The van der Waals surface area contributed by atoms with E-state index in [0.717, 1.165) is 6.42 Å². The third-order valence-electron chi connectivity index (χ3n) is 2.59. The van der Waals surface area contributed by atoms with E-state index >= 15 is 0 Å². The van der Waals surface area contributed by atoms with E-state index in [1.54, 1.807) is 0 Å². The van der Waals surface area contributed by atoms with E-state index in [4.69, 9.17) is 0 Å². The van der Waals surface area contributed by atoms with E-state index in [9.17, 15) is 0 Å². The predicted octanol–water partition coefficient (Wildman–Crippen LogP) is 1.95. The summed E-state index contributed by atoms with van der Waals surface area (Å²) in [5.74, 6) is 0. The van der Waals surface area contributed by atoms with Crippen LogP contribution in [0.1, 0.15) is 5.56 Å². The fraction of sp³-hybridized carbons (Fsp3) is 0.333. The molecule has 2 atom stereocenters. The lowest BCUT2D eigenvalue weighted by molar-refractivity contribution is 0.514. The van der Waals surface area contributed by atoms with E-state index in [2.05, 4.69) is 46.4 Å². The molecular weight excluding hydrogens is 204 g/mol. The first-order valence-electron chi connectivity index (χ1n) is 5.18. The summed E-state index contributed by atoms with van der Waals surface area (Å²) in [4.78, 5) is 0. The van der Waals surface area contributed by atoms with Gasteiger partial charge in [0, 0.05) is 12.2 Å². The fourth-order valence-electron chi connectivity index (χ4n) is 1.74. The number of hydrogen-bond donors (Lipinski definition) is 2. The lowest BCUT2D eigenvalue weighted by Gasteiger charge is -2.22. The summed E-state index contributed by atoms with van der Waals surface area (Å²) in [7, 11) is 2.02. The number of nitrogens with one attached hydrogen (secondary N) is 2. The van der Waals surface area contributed by atoms with Gasteiger partial charge in [-0.15, -0.1) is 11.8 Å². The Morgan fingerprint density at radius 1 is 1.40 bits per heavy atom. The molecule has 2 N–H and O–H groups in total. The van der Waals surface area contributed by atoms with Gasteiger partial charge in [-0.25, -0.2) is 0 Å². The molecule has 0 bridgehead atoms. The number of likely N-dealkylation sites (N-methyl/N-ethyl adjacent to an activating group) is 1. The Morgan fingerprint density at radius 2 is 2.20 bits per heavy atom. The van der Waals surface area contributed by atoms with Crippen molar-refractivity contribution >= 4 is 11.8 Å². The summed E-state index contributed by atoms with van der Waals surface area (Å²) in [5, 5.41) is 9.28. The Labute approximate surface area is 95.1 Å². The van der Waals surface area contributed by atoms with Gasteiger partial charge < -0.3 is 10.6 Å². The molecule has 0 amide bonds. The highest BCUT2D eigenvalue weighted by molar-refractivity contribution is 8.03. The molecule has 1 heterocycles. The topological polar surface area (TPSA) is 24.1 Å². The second kappa shape index (κ2) is 5.24. The molecule has 1 aromatic carbocycles. The highest BCUT2D eigenvalue weighted by Gasteiger charge is 2.21. The van der Waals surface area contributed by atoms with Gasteiger partial charge in [0.1, 0.15) is 0 Å². The van der Waals surface area contributed by atoms with Gasteiger partial charge in [0.15, 0.2) is 0 Å². The molecule has 0 saturated heterocycles. The average molecular weight is 220 g/mol. The van der Waals surface area contributed by atoms with E-state index in [1.807, 2.05) is 25.0 Å². The van der Waals surface area contributed by atoms with Crippen molar-refractivity contribution in [3.63, 3.8) is 0 Å². The van der Waals surface area contributed by atoms with Crippen molar-refractivity contribution in [2.24, 2.45) is 0 Å². The summed E-state index contributed by atoms with van der Waals surface area (Å²) in [6.45, 7) is 0. The molecule has 2 nitrogen and oxygen atoms in total. The van der Waals surface area contributed by atoms with Crippen molar-refractivity contribution in [1.29, 1.82) is 0 Å². The maximum Gasteiger partial charge on any atom is 0.0916 e. The first-order chi connectivity index (χ1) is 7.40. The number of rotatable bonds is 4. The van der Waals surface area contributed by atoms with Crippen LogP contribution in [0.15, 0.2) is 41.9 Å². The molecule has 80 valence electrons. The summed E-state index contributed by atoms with van der Waals surface area (Å²) in [6.07, 6.45) is 3.08. The molecule has 0 saturated carbocycles. The van der Waals surface area contributed by atoms with Gasteiger partial charge in [0.05, 0.1) is 5.37 Å². The molecule has 3 heteroatoms. The predicted molar refractivity (Wildman–Crippen MR) is 66.6 cm³/mol. The minimum absolute atomic E-state index is 0.454. The normalized spacial score (nSPS) is 21.3. The van der Waals surface area contributed by atoms with Crippen LogP contribution < -0.4 is 10.6 Å². The van der Waals surface area contributed by atoms with Gasteiger partial charge in [0.25, 0.3) is 0 Å². The smallest absolute Gasteiger partial charge is 0.0916 e. The zero-order valence-corrected chi connectivity index (χ0v) is 9.63. The highest BCUT2D eigenvalue weighted by Crippen LogP contribution is 2.20. The van der Waals surface area contributed by atoms with Crippen molar-refractivity contribution < 1.29 is 0 Å². The molecule has 15 heavy (non-hydrogen) atoms. The average Bonchev–Trinajstić information content (AvgIpc) is 2.81. The van der Waals surface area contributed by atoms with Crippen LogP contribution in [-0.4, -0.2) is 18.5 Å². The summed E-state index contributed by atoms with van der Waals surface area (Å²) in [5.41, 5.74) is 1.38. The minimum atomic E-state index is 0.454. The molecular formula is C12H16N2S. The van der Waals surface area contributed by atoms with E-state index in [-0.39, 0.29) is 0 Å². The van der Waals surface area contributed by atoms with Crippen molar-refractivity contribution in [2.75, 3.05) is 7.05 Å². The Morgan fingerprint density at radius 3 is 2.80 bits per heavy atom. The Balaban J connectivity index is 1.96. The molecule has 2 rings (SSSR count). The fourth-order valence-corrected chi connectivity index (χ4v) is 2.64. The van der Waals surface area contributed by atoms with Gasteiger partial charge in [-0.1, -0.05) is 30.3 Å². The second-order valence-electron chi connectivity index (χ2n) is 3.61. The van der Waals surface area contributed by atoms with Crippen LogP contribution in [-0.2, 0) is 6.42 Å². The van der Waals surface area contributed by atoms with Crippen molar-refractivity contribution in [1.82, 2.24) is 10.6 Å². The zero-order chi connectivity index (χ0) is 10.5. The third-order valence-corrected chi connectivity index (χ3v) is 3.64. The lowest BCUT2D eigenvalue weighted by atomic mass is 10.1. The first-order valence-corrected chi connectivity index (χ1v) is 6.12. The minimum Gasteiger partial charge on any atom is -0.377 e. The van der Waals surface area contributed by atoms with E-state index in [0.29, 0.717) is 11.4 Å². The molecule has 0 fully saturated rings. The van der Waals surface area contributed by atoms with Crippen LogP contribution in [0, 0.1) is 0 Å². The molecule has 0 radical (unpaired) electrons. The highest BCUT2D eigenvalue weighted by atomic mass is 32.2. The largest absolute Gasteiger partial charge is 0.377 e. The van der Waals surface area contributed by atoms with Crippen LogP contribution in [0.5, 0.6) is 0 Å². The van der Waals surface area contributed by atoms with Gasteiger partial charge in [-0.05, 0) is 24.4 Å². The summed E-state index contributed by atoms with van der Waals surface area (Å²) < 4.78 is 0. The van der Waals surface area contributed by atoms with Gasteiger partial charge in [0.2, 0.25) is 0 Å². The number of benzene rings is 1. The molecule has 0 aliphatic carbocycles. The SMILES string of the molecule is CNC(Cc1ccccc1)C1NC=CS1. The third kappa shape index (κ3) is 2.76. The van der Waals surface area contributed by atoms with Crippen molar-refractivity contribution in [3.05, 3.63) is 47.5 Å². The summed E-state index contributed by atoms with van der Waals surface area (Å²) >= 11 is 1.84. The Hall–Kier alpha value is -0.930. The monoisotopic (exact) mass is 220 g/mol. The first kappa shape index (κ1) is 10.6. The van der Waals surface area contributed by atoms with E-state index in [1.165, 1.54) is 5.56 Å². The lowest BCUT2D eigenvalue weighted by Crippen LogP contribution is -2.42. The summed E-state index contributed by atoms with van der Waals surface area (Å²) in [6, 6.07) is 11.1. The number of thioether (sulfide) groups is 1. The molecule has 1 aliphatic heterocycles. The Kier molecular flexibility index (Phi) is 3.69. The zero-order valence-electron chi connectivity index (χ0n) is 8.81. The molecule has 2 unspecified atom stereocenters. The van der Waals surface area contributed by atoms with Gasteiger partial charge in [-0.2, -0.15) is 0 Å². The maximum absolute atomic E-state index is 3.37. The molecule has 1 aromatic rings. The number of hydrogen-bond acceptors (Lipinski definition) is 3. The Bertz CT molecular complexity index is 316. The van der Waals surface area contributed by atoms with Crippen LogP contribution in [0.4, 0.5) is 0 Å². The molecule has 0 spiro atoms. The van der Waals surface area contributed by atoms with Gasteiger partial charge in [-0.3, -0.25) is 0 Å².